The molecule has 0 heterocycles. The molecule has 0 bridgehead atoms. The van der Waals surface area contributed by atoms with Gasteiger partial charge in [-0.05, 0) is 61.0 Å². The van der Waals surface area contributed by atoms with Gasteiger partial charge in [-0.2, -0.15) is 5.26 Å². The van der Waals surface area contributed by atoms with E-state index in [1.165, 1.54) is 12.1 Å². The lowest BCUT2D eigenvalue weighted by Crippen LogP contribution is -2.13. The molecule has 0 aliphatic carbocycles. The highest BCUT2D eigenvalue weighted by atomic mass is 35.5. The number of nitriles is 1. The molecule has 0 aliphatic heterocycles. The van der Waals surface area contributed by atoms with Crippen LogP contribution in [0.3, 0.4) is 0 Å². The average Bonchev–Trinajstić information content (AvgIpc) is 2.80. The Morgan fingerprint density at radius 3 is 2.32 bits per heavy atom. The maximum Gasteiger partial charge on any atom is 0.266 e. The van der Waals surface area contributed by atoms with E-state index in [1.54, 1.807) is 48.5 Å². The zero-order valence-electron chi connectivity index (χ0n) is 17.9. The van der Waals surface area contributed by atoms with Gasteiger partial charge in [0.25, 0.3) is 5.91 Å². The fourth-order valence-electron chi connectivity index (χ4n) is 2.91. The highest BCUT2D eigenvalue weighted by Crippen LogP contribution is 2.32. The first kappa shape index (κ1) is 25.7. The van der Waals surface area contributed by atoms with Crippen molar-refractivity contribution in [1.82, 2.24) is 0 Å². The third-order valence-electron chi connectivity index (χ3n) is 4.55. The third kappa shape index (κ3) is 6.59. The van der Waals surface area contributed by atoms with Crippen molar-refractivity contribution in [3.05, 3.63) is 91.4 Å². The van der Waals surface area contributed by atoms with Crippen LogP contribution in [0.25, 0.3) is 6.08 Å². The van der Waals surface area contributed by atoms with Crippen LogP contribution in [-0.2, 0) is 11.4 Å². The molecule has 0 atom stereocenters. The van der Waals surface area contributed by atoms with Crippen molar-refractivity contribution in [2.24, 2.45) is 0 Å². The summed E-state index contributed by atoms with van der Waals surface area (Å²) in [5.74, 6) is 0.322. The monoisotopic (exact) mass is 534 g/mol. The second-order valence-electron chi connectivity index (χ2n) is 6.88. The molecule has 1 N–H and O–H groups in total. The molecule has 174 valence electrons. The van der Waals surface area contributed by atoms with E-state index in [0.717, 1.165) is 0 Å². The average molecular weight is 536 g/mol. The van der Waals surface area contributed by atoms with Crippen LogP contribution in [-0.4, -0.2) is 12.5 Å². The van der Waals surface area contributed by atoms with Crippen LogP contribution in [0.5, 0.6) is 11.5 Å². The molecule has 0 saturated carbocycles. The number of hydrogen-bond donors (Lipinski definition) is 1. The van der Waals surface area contributed by atoms with Crippen LogP contribution in [0.1, 0.15) is 18.1 Å². The highest BCUT2D eigenvalue weighted by Gasteiger charge is 2.13. The second kappa shape index (κ2) is 12.0. The van der Waals surface area contributed by atoms with E-state index in [9.17, 15) is 10.1 Å². The first-order valence-electron chi connectivity index (χ1n) is 10.0. The molecule has 1 amide bonds. The minimum atomic E-state index is -0.590. The molecule has 5 nitrogen and oxygen atoms in total. The molecule has 3 rings (SSSR count). The summed E-state index contributed by atoms with van der Waals surface area (Å²) in [5, 5.41) is 13.8. The Bertz CT molecular complexity index is 1270. The van der Waals surface area contributed by atoms with Crippen LogP contribution in [0, 0.1) is 11.3 Å². The summed E-state index contributed by atoms with van der Waals surface area (Å²) in [7, 11) is 0. The van der Waals surface area contributed by atoms with Gasteiger partial charge in [0.2, 0.25) is 0 Å². The van der Waals surface area contributed by atoms with Gasteiger partial charge in [-0.15, -0.1) is 0 Å². The molecule has 0 aliphatic rings. The summed E-state index contributed by atoms with van der Waals surface area (Å²) in [6.07, 6.45) is 1.45. The summed E-state index contributed by atoms with van der Waals surface area (Å²) < 4.78 is 11.6. The number of amides is 1. The largest absolute Gasteiger partial charge is 0.490 e. The van der Waals surface area contributed by atoms with Crippen molar-refractivity contribution >= 4 is 64.1 Å². The first-order chi connectivity index (χ1) is 16.3. The molecule has 0 aromatic heterocycles. The summed E-state index contributed by atoms with van der Waals surface area (Å²) in [5.41, 5.74) is 1.54. The van der Waals surface area contributed by atoms with Crippen molar-refractivity contribution < 1.29 is 14.3 Å². The van der Waals surface area contributed by atoms with Crippen molar-refractivity contribution in [1.29, 1.82) is 5.26 Å². The number of nitrogens with one attached hydrogen (secondary N) is 1. The molecule has 3 aromatic rings. The lowest BCUT2D eigenvalue weighted by molar-refractivity contribution is -0.112. The Balaban J connectivity index is 1.81. The fraction of sp³-hybridized carbons (Fsp3) is 0.120. The Labute approximate surface area is 217 Å². The number of hydrogen-bond acceptors (Lipinski definition) is 4. The van der Waals surface area contributed by atoms with E-state index in [4.69, 9.17) is 55.9 Å². The second-order valence-corrected chi connectivity index (χ2v) is 8.51. The third-order valence-corrected chi connectivity index (χ3v) is 6.00. The molecule has 0 unspecified atom stereocenters. The Kier molecular flexibility index (Phi) is 9.09. The summed E-state index contributed by atoms with van der Waals surface area (Å²) in [6, 6.07) is 16.8. The van der Waals surface area contributed by atoms with E-state index >= 15 is 0 Å². The van der Waals surface area contributed by atoms with Gasteiger partial charge in [0, 0.05) is 21.3 Å². The SMILES string of the molecule is CCOc1cc(/C=C(\C#N)C(=O)Nc2ccc(Cl)c(Cl)c2)ccc1OCc1c(Cl)cccc1Cl. The summed E-state index contributed by atoms with van der Waals surface area (Å²) in [6.45, 7) is 2.37. The number of nitrogens with zero attached hydrogens (tertiary/aromatic N) is 1. The molecule has 34 heavy (non-hydrogen) atoms. The number of carbonyl (C=O) groups excluding carboxylic acids is 1. The van der Waals surface area contributed by atoms with Crippen LogP contribution in [0.4, 0.5) is 5.69 Å². The van der Waals surface area contributed by atoms with Crippen molar-refractivity contribution in [2.45, 2.75) is 13.5 Å². The predicted octanol–water partition coefficient (Wildman–Crippen LogP) is 7.82. The number of rotatable bonds is 8. The molecule has 0 radical (unpaired) electrons. The topological polar surface area (TPSA) is 71.3 Å². The minimum absolute atomic E-state index is 0.106. The van der Waals surface area contributed by atoms with E-state index in [2.05, 4.69) is 5.32 Å². The predicted molar refractivity (Wildman–Crippen MR) is 137 cm³/mol. The fourth-order valence-corrected chi connectivity index (χ4v) is 3.71. The lowest BCUT2D eigenvalue weighted by atomic mass is 10.1. The standard InChI is InChI=1S/C25H18Cl4N2O3/c1-2-33-24-11-15(6-9-23(24)34-14-18-19(26)4-3-5-20(18)27)10-16(13-30)25(32)31-17-7-8-21(28)22(29)12-17/h3-12H,2,14H2,1H3,(H,31,32)/b16-10+. The number of anilines is 1. The number of carbonyl (C=O) groups is 1. The Morgan fingerprint density at radius 1 is 0.941 bits per heavy atom. The molecule has 0 fully saturated rings. The normalized spacial score (nSPS) is 11.0. The molecule has 3 aromatic carbocycles. The smallest absolute Gasteiger partial charge is 0.266 e. The van der Waals surface area contributed by atoms with Gasteiger partial charge in [0.15, 0.2) is 11.5 Å². The number of ether oxygens (including phenoxy) is 2. The van der Waals surface area contributed by atoms with E-state index in [1.807, 2.05) is 13.0 Å². The van der Waals surface area contributed by atoms with Crippen molar-refractivity contribution in [2.75, 3.05) is 11.9 Å². The Hall–Kier alpha value is -2.88. The van der Waals surface area contributed by atoms with Crippen molar-refractivity contribution in [3.8, 4) is 17.6 Å². The highest BCUT2D eigenvalue weighted by molar-refractivity contribution is 6.42. The molecular formula is C25H18Cl4N2O3. The van der Waals surface area contributed by atoms with Crippen LogP contribution in [0.2, 0.25) is 20.1 Å². The van der Waals surface area contributed by atoms with E-state index in [0.29, 0.717) is 50.0 Å². The van der Waals surface area contributed by atoms with Gasteiger partial charge < -0.3 is 14.8 Å². The quantitative estimate of drug-likeness (QED) is 0.235. The van der Waals surface area contributed by atoms with Gasteiger partial charge in [-0.3, -0.25) is 4.79 Å². The van der Waals surface area contributed by atoms with Gasteiger partial charge >= 0.3 is 0 Å². The lowest BCUT2D eigenvalue weighted by Gasteiger charge is -2.14. The maximum absolute atomic E-state index is 12.6. The van der Waals surface area contributed by atoms with E-state index in [-0.39, 0.29) is 17.2 Å². The maximum atomic E-state index is 12.6. The summed E-state index contributed by atoms with van der Waals surface area (Å²) >= 11 is 24.3. The Morgan fingerprint density at radius 2 is 1.68 bits per heavy atom. The zero-order chi connectivity index (χ0) is 24.7. The first-order valence-corrected chi connectivity index (χ1v) is 11.5. The van der Waals surface area contributed by atoms with Gasteiger partial charge in [-0.1, -0.05) is 58.5 Å². The van der Waals surface area contributed by atoms with Gasteiger partial charge in [-0.25, -0.2) is 0 Å². The molecule has 9 heteroatoms. The molecular weight excluding hydrogens is 518 g/mol. The van der Waals surface area contributed by atoms with Crippen LogP contribution in [0.15, 0.2) is 60.2 Å². The number of benzene rings is 3. The van der Waals surface area contributed by atoms with Gasteiger partial charge in [0.1, 0.15) is 18.2 Å². The van der Waals surface area contributed by atoms with Crippen LogP contribution >= 0.6 is 46.4 Å². The minimum Gasteiger partial charge on any atom is -0.490 e. The van der Waals surface area contributed by atoms with Crippen molar-refractivity contribution in [3.63, 3.8) is 0 Å². The number of halogens is 4. The van der Waals surface area contributed by atoms with E-state index < -0.39 is 5.91 Å². The molecule has 0 spiro atoms. The molecule has 0 saturated heterocycles. The van der Waals surface area contributed by atoms with Gasteiger partial charge in [0.05, 0.1) is 16.7 Å². The zero-order valence-corrected chi connectivity index (χ0v) is 20.9. The van der Waals surface area contributed by atoms with Crippen LogP contribution < -0.4 is 14.8 Å². The summed E-state index contributed by atoms with van der Waals surface area (Å²) in [4.78, 5) is 12.6.